The zero-order chi connectivity index (χ0) is 7.82. The summed E-state index contributed by atoms with van der Waals surface area (Å²) in [4.78, 5) is 0. The third-order valence-corrected chi connectivity index (χ3v) is 1.02. The molecule has 11 heavy (non-hydrogen) atoms. The maximum absolute atomic E-state index is 8.57. The van der Waals surface area contributed by atoms with Crippen LogP contribution in [0.1, 0.15) is 13.8 Å². The van der Waals surface area contributed by atoms with Crippen molar-refractivity contribution in [2.24, 2.45) is 0 Å². The Balaban J connectivity index is 0. The van der Waals surface area contributed by atoms with Crippen molar-refractivity contribution in [1.29, 1.82) is 0 Å². The van der Waals surface area contributed by atoms with Gasteiger partial charge in [0, 0.05) is 13.1 Å². The van der Waals surface area contributed by atoms with Gasteiger partial charge in [0.1, 0.15) is 0 Å². The summed E-state index contributed by atoms with van der Waals surface area (Å²) < 4.78 is 0. The van der Waals surface area contributed by atoms with Gasteiger partial charge in [-0.15, -0.1) is 12.4 Å². The molecule has 0 saturated carbocycles. The van der Waals surface area contributed by atoms with Crippen LogP contribution in [-0.2, 0) is 0 Å². The van der Waals surface area contributed by atoms with E-state index >= 15 is 0 Å². The Morgan fingerprint density at radius 3 is 1.91 bits per heavy atom. The molecule has 0 unspecified atom stereocenters. The van der Waals surface area contributed by atoms with Gasteiger partial charge in [-0.25, -0.2) is 10.9 Å². The van der Waals surface area contributed by atoms with Crippen LogP contribution in [0.15, 0.2) is 0 Å². The Hall–Kier alpha value is 0.130. The van der Waals surface area contributed by atoms with Crippen LogP contribution >= 0.6 is 12.4 Å². The molecule has 0 rings (SSSR count). The van der Waals surface area contributed by atoms with E-state index in [-0.39, 0.29) is 19.0 Å². The molecule has 0 radical (unpaired) electrons. The van der Waals surface area contributed by atoms with Gasteiger partial charge in [0.2, 0.25) is 0 Å². The molecule has 0 aromatic heterocycles. The number of hydrogen-bond acceptors (Lipinski definition) is 4. The van der Waals surface area contributed by atoms with Crippen LogP contribution in [0, 0.1) is 0 Å². The first-order chi connectivity index (χ1) is 4.85. The third-order valence-electron chi connectivity index (χ3n) is 1.02. The third kappa shape index (κ3) is 8.03. The van der Waals surface area contributed by atoms with E-state index in [1.54, 1.807) is 5.12 Å². The zero-order valence-electron chi connectivity index (χ0n) is 7.13. The van der Waals surface area contributed by atoms with E-state index in [1.807, 2.05) is 13.8 Å². The van der Waals surface area contributed by atoms with Gasteiger partial charge in [-0.3, -0.25) is 0 Å². The average Bonchev–Trinajstić information content (AvgIpc) is 1.90. The van der Waals surface area contributed by atoms with Crippen molar-refractivity contribution in [3.05, 3.63) is 0 Å². The lowest BCUT2D eigenvalue weighted by Gasteiger charge is -2.21. The molecule has 0 atom stereocenters. The summed E-state index contributed by atoms with van der Waals surface area (Å²) in [7, 11) is 0. The van der Waals surface area contributed by atoms with Crippen LogP contribution in [0.5, 0.6) is 0 Å². The van der Waals surface area contributed by atoms with Gasteiger partial charge in [-0.05, 0) is 0 Å². The van der Waals surface area contributed by atoms with Crippen LogP contribution in [0.3, 0.4) is 0 Å². The Morgan fingerprint density at radius 1 is 1.18 bits per heavy atom. The summed E-state index contributed by atoms with van der Waals surface area (Å²) in [5, 5.41) is 10.4. The second kappa shape index (κ2) is 10.1. The summed E-state index contributed by atoms with van der Waals surface area (Å²) in [6.07, 6.45) is 0. The summed E-state index contributed by atoms with van der Waals surface area (Å²) in [5.41, 5.74) is 6.09. The van der Waals surface area contributed by atoms with Crippen LogP contribution in [0.2, 0.25) is 0 Å². The molecular weight excluding hydrogens is 166 g/mol. The highest BCUT2D eigenvalue weighted by Gasteiger charge is 1.96. The topological polar surface area (TPSA) is 47.5 Å². The first-order valence-corrected chi connectivity index (χ1v) is 3.70. The van der Waals surface area contributed by atoms with Crippen molar-refractivity contribution in [2.45, 2.75) is 13.8 Å². The van der Waals surface area contributed by atoms with Gasteiger partial charge in [-0.1, -0.05) is 13.8 Å². The second-order valence-corrected chi connectivity index (χ2v) is 1.90. The molecule has 0 saturated heterocycles. The van der Waals surface area contributed by atoms with E-state index in [9.17, 15) is 0 Å². The van der Waals surface area contributed by atoms with E-state index < -0.39 is 0 Å². The molecule has 0 spiro atoms. The van der Waals surface area contributed by atoms with Gasteiger partial charge in [-0.2, -0.15) is 5.12 Å². The molecule has 70 valence electrons. The van der Waals surface area contributed by atoms with E-state index in [0.29, 0.717) is 6.54 Å². The molecular formula is C6H18ClN3O. The van der Waals surface area contributed by atoms with Crippen molar-refractivity contribution in [1.82, 2.24) is 16.0 Å². The standard InChI is InChI=1S/C6H17N3O.ClH/c1-3-7-9(5-6-10)8-4-2;/h7-8,10H,3-6H2,1-2H3;1H. The highest BCUT2D eigenvalue weighted by molar-refractivity contribution is 5.85. The number of aliphatic hydroxyl groups excluding tert-OH is 1. The number of halogens is 1. The Kier molecular flexibility index (Phi) is 12.6. The summed E-state index contributed by atoms with van der Waals surface area (Å²) in [6, 6.07) is 0. The maximum atomic E-state index is 8.57. The van der Waals surface area contributed by atoms with Gasteiger partial charge in [0.25, 0.3) is 0 Å². The van der Waals surface area contributed by atoms with E-state index in [1.165, 1.54) is 0 Å². The lowest BCUT2D eigenvalue weighted by molar-refractivity contribution is 0.0911. The summed E-state index contributed by atoms with van der Waals surface area (Å²) in [6.45, 7) is 6.55. The number of aliphatic hydroxyl groups is 1. The number of rotatable bonds is 6. The molecule has 0 aromatic rings. The van der Waals surface area contributed by atoms with E-state index in [2.05, 4.69) is 10.9 Å². The Labute approximate surface area is 74.3 Å². The fraction of sp³-hybridized carbons (Fsp3) is 1.00. The SMILES string of the molecule is CCNN(CCO)NCC.Cl. The van der Waals surface area contributed by atoms with E-state index in [4.69, 9.17) is 5.11 Å². The quantitative estimate of drug-likeness (QED) is 0.498. The van der Waals surface area contributed by atoms with Crippen LogP contribution in [0.25, 0.3) is 0 Å². The molecule has 0 fully saturated rings. The summed E-state index contributed by atoms with van der Waals surface area (Å²) >= 11 is 0. The predicted molar refractivity (Wildman–Crippen MR) is 48.4 cm³/mol. The number of hydrogen-bond donors (Lipinski definition) is 3. The molecule has 0 aromatic carbocycles. The van der Waals surface area contributed by atoms with Crippen LogP contribution in [-0.4, -0.2) is 36.5 Å². The minimum atomic E-state index is 0. The van der Waals surface area contributed by atoms with Crippen LogP contribution < -0.4 is 10.9 Å². The highest BCUT2D eigenvalue weighted by Crippen LogP contribution is 1.72. The maximum Gasteiger partial charge on any atom is 0.0587 e. The van der Waals surface area contributed by atoms with Crippen molar-refractivity contribution in [3.8, 4) is 0 Å². The second-order valence-electron chi connectivity index (χ2n) is 1.90. The molecule has 5 heteroatoms. The van der Waals surface area contributed by atoms with Gasteiger partial charge in [0.15, 0.2) is 0 Å². The Bertz CT molecular complexity index is 60.6. The number of nitrogens with one attached hydrogen (secondary N) is 2. The van der Waals surface area contributed by atoms with Crippen molar-refractivity contribution in [3.63, 3.8) is 0 Å². The molecule has 3 N–H and O–H groups in total. The van der Waals surface area contributed by atoms with Crippen molar-refractivity contribution >= 4 is 12.4 Å². The first kappa shape index (κ1) is 13.7. The lowest BCUT2D eigenvalue weighted by Crippen LogP contribution is -2.49. The molecule has 0 bridgehead atoms. The fourth-order valence-corrected chi connectivity index (χ4v) is 0.696. The number of nitrogens with zero attached hydrogens (tertiary/aromatic N) is 1. The average molecular weight is 184 g/mol. The molecule has 0 aliphatic rings. The number of hydrazine groups is 2. The normalized spacial score (nSPS) is 9.82. The van der Waals surface area contributed by atoms with Crippen molar-refractivity contribution < 1.29 is 5.11 Å². The zero-order valence-corrected chi connectivity index (χ0v) is 7.95. The van der Waals surface area contributed by atoms with E-state index in [0.717, 1.165) is 13.1 Å². The molecule has 0 heterocycles. The van der Waals surface area contributed by atoms with Gasteiger partial charge in [0.05, 0.1) is 13.2 Å². The fourth-order valence-electron chi connectivity index (χ4n) is 0.696. The monoisotopic (exact) mass is 183 g/mol. The smallest absolute Gasteiger partial charge is 0.0587 e. The predicted octanol–water partition coefficient (Wildman–Crippen LogP) is -0.249. The minimum absolute atomic E-state index is 0. The molecule has 0 aliphatic heterocycles. The van der Waals surface area contributed by atoms with Crippen LogP contribution in [0.4, 0.5) is 0 Å². The first-order valence-electron chi connectivity index (χ1n) is 3.70. The minimum Gasteiger partial charge on any atom is -0.395 e. The summed E-state index contributed by atoms with van der Waals surface area (Å²) in [5.74, 6) is 0. The Morgan fingerprint density at radius 2 is 1.64 bits per heavy atom. The van der Waals surface area contributed by atoms with Gasteiger partial charge < -0.3 is 5.11 Å². The van der Waals surface area contributed by atoms with Gasteiger partial charge >= 0.3 is 0 Å². The largest absolute Gasteiger partial charge is 0.395 e. The molecule has 4 nitrogen and oxygen atoms in total. The van der Waals surface area contributed by atoms with Crippen molar-refractivity contribution in [2.75, 3.05) is 26.2 Å². The highest BCUT2D eigenvalue weighted by atomic mass is 35.5. The lowest BCUT2D eigenvalue weighted by atomic mass is 10.7. The molecule has 0 aliphatic carbocycles. The molecule has 0 amide bonds.